The Hall–Kier alpha value is 0.0748. The van der Waals surface area contributed by atoms with Crippen LogP contribution in [-0.2, 0) is 13.7 Å². The molecule has 6 heteroatoms. The summed E-state index contributed by atoms with van der Waals surface area (Å²) in [6.07, 6.45) is 2.01. The monoisotopic (exact) mass is 210 g/mol. The van der Waals surface area contributed by atoms with Crippen molar-refractivity contribution >= 4 is 21.4 Å². The summed E-state index contributed by atoms with van der Waals surface area (Å²) in [5.41, 5.74) is 0. The van der Waals surface area contributed by atoms with E-state index in [1.165, 1.54) is 0 Å². The second kappa shape index (κ2) is 5.97. The molecular weight excluding hydrogens is 189 g/mol. The molecule has 15 heavy (non-hydrogen) atoms. The molecule has 0 unspecified atom stereocenters. The average Bonchev–Trinajstić information content (AvgIpc) is 2.17. The minimum Gasteiger partial charge on any atom is -0.452 e. The van der Waals surface area contributed by atoms with Gasteiger partial charge in [0.05, 0.1) is 0 Å². The first-order valence-corrected chi connectivity index (χ1v) is 6.01. The zero-order chi connectivity index (χ0) is 11.4. The molecule has 1 heterocycles. The van der Waals surface area contributed by atoms with Crippen molar-refractivity contribution in [2.75, 3.05) is 0 Å². The van der Waals surface area contributed by atoms with Gasteiger partial charge in [0.2, 0.25) is 0 Å². The molecule has 0 amide bonds. The summed E-state index contributed by atoms with van der Waals surface area (Å²) in [6, 6.07) is 0. The first-order valence-electron chi connectivity index (χ1n) is 6.01. The van der Waals surface area contributed by atoms with Crippen LogP contribution in [-0.4, -0.2) is 21.4 Å². The maximum Gasteiger partial charge on any atom is 0.432 e. The molecule has 0 aromatic heterocycles. The molecule has 1 aliphatic rings. The van der Waals surface area contributed by atoms with E-state index in [0.29, 0.717) is 11.6 Å². The van der Waals surface area contributed by atoms with E-state index in [1.807, 2.05) is 0 Å². The van der Waals surface area contributed by atoms with E-state index in [1.54, 1.807) is 0 Å². The molecule has 1 rings (SSSR count). The third kappa shape index (κ3) is 3.85. The van der Waals surface area contributed by atoms with Gasteiger partial charge in [-0.2, -0.15) is 0 Å². The van der Waals surface area contributed by atoms with Crippen LogP contribution in [0.5, 0.6) is 0 Å². The summed E-state index contributed by atoms with van der Waals surface area (Å²) in [7, 11) is -0.339. The van der Waals surface area contributed by atoms with Gasteiger partial charge in [0.1, 0.15) is 0 Å². The Labute approximate surface area is 94.7 Å². The first kappa shape index (κ1) is 13.1. The molecule has 0 spiro atoms. The fourth-order valence-electron chi connectivity index (χ4n) is 1.53. The predicted molar refractivity (Wildman–Crippen MR) is 65.8 cm³/mol. The van der Waals surface area contributed by atoms with E-state index in [0.717, 1.165) is 12.7 Å². The molecule has 0 atom stereocenters. The van der Waals surface area contributed by atoms with Gasteiger partial charge in [-0.05, 0) is 18.0 Å². The fourth-order valence-corrected chi connectivity index (χ4v) is 1.53. The summed E-state index contributed by atoms with van der Waals surface area (Å²) < 4.78 is 17.2. The van der Waals surface area contributed by atoms with Crippen LogP contribution in [0.4, 0.5) is 0 Å². The van der Waals surface area contributed by atoms with Gasteiger partial charge in [0, 0.05) is 0 Å². The van der Waals surface area contributed by atoms with Crippen LogP contribution in [0.1, 0.15) is 41.0 Å². The Bertz CT molecular complexity index is 173. The van der Waals surface area contributed by atoms with Crippen molar-refractivity contribution < 1.29 is 13.7 Å². The van der Waals surface area contributed by atoms with Crippen molar-refractivity contribution in [1.29, 1.82) is 0 Å². The molecule has 0 N–H and O–H groups in total. The van der Waals surface area contributed by atoms with Crippen LogP contribution in [0.2, 0.25) is 18.0 Å². The highest BCUT2D eigenvalue weighted by molar-refractivity contribution is 6.74. The quantitative estimate of drug-likeness (QED) is 0.667. The highest BCUT2D eigenvalue weighted by Gasteiger charge is 2.42. The molecule has 0 aliphatic carbocycles. The van der Waals surface area contributed by atoms with Gasteiger partial charge in [-0.1, -0.05) is 41.0 Å². The SMILES string of the molecule is CCCB1OB(C(C)C)OB(C(C)C)O1. The summed E-state index contributed by atoms with van der Waals surface area (Å²) >= 11 is 0. The number of hydrogen-bond acceptors (Lipinski definition) is 3. The van der Waals surface area contributed by atoms with E-state index in [4.69, 9.17) is 13.7 Å². The molecule has 0 radical (unpaired) electrons. The topological polar surface area (TPSA) is 27.7 Å². The Morgan fingerprint density at radius 3 is 1.67 bits per heavy atom. The molecule has 3 nitrogen and oxygen atoms in total. The van der Waals surface area contributed by atoms with Gasteiger partial charge >= 0.3 is 21.4 Å². The second-order valence-electron chi connectivity index (χ2n) is 4.85. The molecule has 0 bridgehead atoms. The Morgan fingerprint density at radius 1 is 0.867 bits per heavy atom. The van der Waals surface area contributed by atoms with Gasteiger partial charge in [-0.25, -0.2) is 0 Å². The lowest BCUT2D eigenvalue weighted by molar-refractivity contribution is 0.266. The Kier molecular flexibility index (Phi) is 5.23. The van der Waals surface area contributed by atoms with Crippen LogP contribution < -0.4 is 0 Å². The lowest BCUT2D eigenvalue weighted by Gasteiger charge is -2.34. The summed E-state index contributed by atoms with van der Waals surface area (Å²) in [5, 5.41) is 0. The molecule has 84 valence electrons. The molecule has 1 fully saturated rings. The van der Waals surface area contributed by atoms with Crippen molar-refractivity contribution in [2.24, 2.45) is 0 Å². The van der Waals surface area contributed by atoms with Crippen molar-refractivity contribution in [3.63, 3.8) is 0 Å². The third-order valence-corrected chi connectivity index (χ3v) is 2.45. The highest BCUT2D eigenvalue weighted by atomic mass is 16.7. The molecule has 0 aromatic carbocycles. The minimum atomic E-state index is -0.123. The molecule has 1 saturated heterocycles. The lowest BCUT2D eigenvalue weighted by atomic mass is 9.59. The zero-order valence-corrected chi connectivity index (χ0v) is 10.5. The van der Waals surface area contributed by atoms with Gasteiger partial charge in [-0.15, -0.1) is 0 Å². The van der Waals surface area contributed by atoms with Crippen molar-refractivity contribution in [1.82, 2.24) is 0 Å². The minimum absolute atomic E-state index is 0.0939. The average molecular weight is 210 g/mol. The summed E-state index contributed by atoms with van der Waals surface area (Å²) in [5.74, 6) is 0.740. The highest BCUT2D eigenvalue weighted by Crippen LogP contribution is 2.24. The molecular formula is C9H21B3O3. The maximum atomic E-state index is 5.74. The number of rotatable bonds is 4. The molecule has 0 aromatic rings. The smallest absolute Gasteiger partial charge is 0.432 e. The van der Waals surface area contributed by atoms with Gasteiger partial charge < -0.3 is 13.7 Å². The van der Waals surface area contributed by atoms with Gasteiger partial charge in [-0.3, -0.25) is 0 Å². The van der Waals surface area contributed by atoms with Crippen LogP contribution in [0.25, 0.3) is 0 Å². The van der Waals surface area contributed by atoms with Crippen molar-refractivity contribution in [2.45, 2.75) is 59.0 Å². The number of hydrogen-bond donors (Lipinski definition) is 0. The third-order valence-electron chi connectivity index (χ3n) is 2.45. The van der Waals surface area contributed by atoms with Crippen LogP contribution in [0.15, 0.2) is 0 Å². The Morgan fingerprint density at radius 2 is 1.33 bits per heavy atom. The van der Waals surface area contributed by atoms with Crippen LogP contribution in [0.3, 0.4) is 0 Å². The normalized spacial score (nSPS) is 18.2. The fraction of sp³-hybridized carbons (Fsp3) is 1.00. The maximum absolute atomic E-state index is 5.74. The first-order chi connectivity index (χ1) is 7.04. The Balaban J connectivity index is 2.56. The van der Waals surface area contributed by atoms with Crippen LogP contribution in [0, 0.1) is 0 Å². The molecule has 0 saturated carbocycles. The van der Waals surface area contributed by atoms with Crippen LogP contribution >= 0.6 is 0 Å². The van der Waals surface area contributed by atoms with E-state index in [9.17, 15) is 0 Å². The van der Waals surface area contributed by atoms with Crippen molar-refractivity contribution in [3.05, 3.63) is 0 Å². The van der Waals surface area contributed by atoms with Gasteiger partial charge in [0.15, 0.2) is 0 Å². The zero-order valence-electron chi connectivity index (χ0n) is 10.5. The lowest BCUT2D eigenvalue weighted by Crippen LogP contribution is -2.51. The summed E-state index contributed by atoms with van der Waals surface area (Å²) in [4.78, 5) is 0. The summed E-state index contributed by atoms with van der Waals surface area (Å²) in [6.45, 7) is 10.6. The van der Waals surface area contributed by atoms with E-state index in [-0.39, 0.29) is 21.4 Å². The van der Waals surface area contributed by atoms with Gasteiger partial charge in [0.25, 0.3) is 0 Å². The largest absolute Gasteiger partial charge is 0.452 e. The van der Waals surface area contributed by atoms with E-state index < -0.39 is 0 Å². The second-order valence-corrected chi connectivity index (χ2v) is 4.85. The standard InChI is InChI=1S/C9H21B3O3/c1-6-7-10-13-11(8(2)3)15-12(14-10)9(4)5/h8-9H,6-7H2,1-5H3. The van der Waals surface area contributed by atoms with E-state index >= 15 is 0 Å². The van der Waals surface area contributed by atoms with Crippen molar-refractivity contribution in [3.8, 4) is 0 Å². The predicted octanol–water partition coefficient (Wildman–Crippen LogP) is 2.74. The van der Waals surface area contributed by atoms with E-state index in [2.05, 4.69) is 34.6 Å². The molecule has 1 aliphatic heterocycles.